The highest BCUT2D eigenvalue weighted by molar-refractivity contribution is 6.46. The first kappa shape index (κ1) is 25.5. The van der Waals surface area contributed by atoms with Gasteiger partial charge in [-0.25, -0.2) is 0 Å². The molecular weight excluding hydrogens is 480 g/mol. The van der Waals surface area contributed by atoms with E-state index in [1.165, 1.54) is 0 Å². The van der Waals surface area contributed by atoms with Gasteiger partial charge in [-0.1, -0.05) is 42.5 Å². The lowest BCUT2D eigenvalue weighted by Gasteiger charge is -2.27. The van der Waals surface area contributed by atoms with E-state index < -0.39 is 17.7 Å². The number of aliphatic hydroxyl groups is 1. The number of likely N-dealkylation sites (N-methyl/N-ethyl adjacent to an activating group) is 1. The molecule has 0 aromatic heterocycles. The van der Waals surface area contributed by atoms with Gasteiger partial charge in [-0.3, -0.25) is 9.59 Å². The topological polar surface area (TPSA) is 79.3 Å². The molecule has 5 rings (SSSR count). The Morgan fingerprint density at radius 1 is 1.05 bits per heavy atom. The average Bonchev–Trinajstić information content (AvgIpc) is 3.41. The van der Waals surface area contributed by atoms with E-state index >= 15 is 0 Å². The summed E-state index contributed by atoms with van der Waals surface area (Å²) in [5.74, 6) is -0.0914. The van der Waals surface area contributed by atoms with Crippen LogP contribution in [-0.4, -0.2) is 59.9 Å². The maximum absolute atomic E-state index is 13.4. The first-order valence-corrected chi connectivity index (χ1v) is 12.8. The van der Waals surface area contributed by atoms with Crippen LogP contribution in [0.25, 0.3) is 5.76 Å². The lowest BCUT2D eigenvalue weighted by atomic mass is 9.94. The lowest BCUT2D eigenvalue weighted by Crippen LogP contribution is -2.35. The highest BCUT2D eigenvalue weighted by Gasteiger charge is 2.46. The van der Waals surface area contributed by atoms with Gasteiger partial charge in [0.25, 0.3) is 11.7 Å². The van der Waals surface area contributed by atoms with Gasteiger partial charge < -0.3 is 24.4 Å². The molecule has 0 spiro atoms. The Morgan fingerprint density at radius 2 is 1.84 bits per heavy atom. The standard InChI is InChI=1S/C31H32N2O5/c1-20-16-24-17-23(12-13-26(24)38-20)29(34)27-28(33(15-14-32(2)3)31(36)30(27)35)22-10-7-11-25(18-22)37-19-21-8-5-4-6-9-21/h4-13,17-18,20,28,34H,14-16,19H2,1-3H3/t20-,28+/m0/s1. The number of Topliss-reactive ketones (excluding diaryl/α,β-unsaturated/α-hetero) is 1. The minimum atomic E-state index is -0.737. The van der Waals surface area contributed by atoms with Gasteiger partial charge >= 0.3 is 0 Å². The van der Waals surface area contributed by atoms with Gasteiger partial charge in [0.1, 0.15) is 30.0 Å². The summed E-state index contributed by atoms with van der Waals surface area (Å²) in [7, 11) is 3.83. The lowest BCUT2D eigenvalue weighted by molar-refractivity contribution is -0.140. The van der Waals surface area contributed by atoms with E-state index in [1.807, 2.05) is 92.6 Å². The van der Waals surface area contributed by atoms with Gasteiger partial charge in [-0.2, -0.15) is 0 Å². The minimum Gasteiger partial charge on any atom is -0.507 e. The number of carbonyl (C=O) groups excluding carboxylic acids is 2. The van der Waals surface area contributed by atoms with Crippen LogP contribution in [0.15, 0.2) is 78.4 Å². The fraction of sp³-hybridized carbons (Fsp3) is 0.290. The van der Waals surface area contributed by atoms with Gasteiger partial charge in [0, 0.05) is 25.1 Å². The van der Waals surface area contributed by atoms with E-state index in [4.69, 9.17) is 9.47 Å². The Bertz CT molecular complexity index is 1380. The van der Waals surface area contributed by atoms with Gasteiger partial charge in [-0.05, 0) is 68.0 Å². The summed E-state index contributed by atoms with van der Waals surface area (Å²) in [6.45, 7) is 3.29. The molecule has 2 aliphatic heterocycles. The third-order valence-corrected chi connectivity index (χ3v) is 6.92. The molecule has 1 saturated heterocycles. The number of likely N-dealkylation sites (tertiary alicyclic amines) is 1. The molecule has 2 aliphatic rings. The zero-order valence-corrected chi connectivity index (χ0v) is 21.9. The molecule has 3 aromatic carbocycles. The van der Waals surface area contributed by atoms with Crippen LogP contribution >= 0.6 is 0 Å². The Balaban J connectivity index is 1.53. The Kier molecular flexibility index (Phi) is 7.20. The largest absolute Gasteiger partial charge is 0.507 e. The minimum absolute atomic E-state index is 0.0534. The van der Waals surface area contributed by atoms with Crippen molar-refractivity contribution < 1.29 is 24.2 Å². The molecule has 0 radical (unpaired) electrons. The number of benzene rings is 3. The predicted molar refractivity (Wildman–Crippen MR) is 145 cm³/mol. The fourth-order valence-corrected chi connectivity index (χ4v) is 5.01. The van der Waals surface area contributed by atoms with E-state index in [9.17, 15) is 14.7 Å². The van der Waals surface area contributed by atoms with Crippen molar-refractivity contribution in [2.75, 3.05) is 27.2 Å². The fourth-order valence-electron chi connectivity index (χ4n) is 5.01. The summed E-state index contributed by atoms with van der Waals surface area (Å²) >= 11 is 0. The molecule has 7 heteroatoms. The second kappa shape index (κ2) is 10.7. The van der Waals surface area contributed by atoms with Crippen LogP contribution in [0.5, 0.6) is 11.5 Å². The number of hydrogen-bond donors (Lipinski definition) is 1. The summed E-state index contributed by atoms with van der Waals surface area (Å²) < 4.78 is 11.8. The Morgan fingerprint density at radius 3 is 2.61 bits per heavy atom. The molecule has 3 aromatic rings. The molecule has 2 heterocycles. The second-order valence-corrected chi connectivity index (χ2v) is 10.1. The summed E-state index contributed by atoms with van der Waals surface area (Å²) in [4.78, 5) is 30.1. The van der Waals surface area contributed by atoms with E-state index in [0.717, 1.165) is 23.3 Å². The normalized spacial score (nSPS) is 20.1. The van der Waals surface area contributed by atoms with Crippen molar-refractivity contribution in [2.24, 2.45) is 0 Å². The van der Waals surface area contributed by atoms with Crippen LogP contribution in [-0.2, 0) is 22.6 Å². The van der Waals surface area contributed by atoms with Crippen molar-refractivity contribution in [3.05, 3.63) is 101 Å². The van der Waals surface area contributed by atoms with E-state index in [2.05, 4.69) is 0 Å². The number of ketones is 1. The van der Waals surface area contributed by atoms with Gasteiger partial charge in [0.15, 0.2) is 0 Å². The number of carbonyl (C=O) groups is 2. The Labute approximate surface area is 222 Å². The molecule has 38 heavy (non-hydrogen) atoms. The van der Waals surface area contributed by atoms with Crippen molar-refractivity contribution in [1.29, 1.82) is 0 Å². The maximum atomic E-state index is 13.4. The number of hydrogen-bond acceptors (Lipinski definition) is 6. The van der Waals surface area contributed by atoms with E-state index in [-0.39, 0.29) is 17.4 Å². The van der Waals surface area contributed by atoms with Crippen molar-refractivity contribution in [1.82, 2.24) is 9.80 Å². The average molecular weight is 513 g/mol. The number of fused-ring (bicyclic) bond motifs is 1. The van der Waals surface area contributed by atoms with Crippen LogP contribution < -0.4 is 9.47 Å². The molecule has 1 N–H and O–H groups in total. The highest BCUT2D eigenvalue weighted by atomic mass is 16.5. The third kappa shape index (κ3) is 5.15. The molecule has 0 aliphatic carbocycles. The number of amides is 1. The molecule has 1 fully saturated rings. The summed E-state index contributed by atoms with van der Waals surface area (Å²) in [6, 6.07) is 21.9. The molecule has 196 valence electrons. The number of aliphatic hydroxyl groups excluding tert-OH is 1. The second-order valence-electron chi connectivity index (χ2n) is 10.1. The summed E-state index contributed by atoms with van der Waals surface area (Å²) in [5.41, 5.74) is 3.28. The van der Waals surface area contributed by atoms with Gasteiger partial charge in [0.05, 0.1) is 11.6 Å². The van der Waals surface area contributed by atoms with Crippen LogP contribution in [0.2, 0.25) is 0 Å². The van der Waals surface area contributed by atoms with Crippen LogP contribution in [0.3, 0.4) is 0 Å². The quantitative estimate of drug-likeness (QED) is 0.271. The van der Waals surface area contributed by atoms with E-state index in [0.29, 0.717) is 36.6 Å². The molecule has 0 saturated carbocycles. The van der Waals surface area contributed by atoms with Crippen molar-refractivity contribution >= 4 is 17.4 Å². The van der Waals surface area contributed by atoms with Crippen molar-refractivity contribution in [2.45, 2.75) is 32.1 Å². The molecule has 7 nitrogen and oxygen atoms in total. The highest BCUT2D eigenvalue weighted by Crippen LogP contribution is 2.41. The third-order valence-electron chi connectivity index (χ3n) is 6.92. The SMILES string of the molecule is C[C@H]1Cc2cc(C(O)=C3C(=O)C(=O)N(CCN(C)C)[C@@H]3c3cccc(OCc4ccccc4)c3)ccc2O1. The number of ether oxygens (including phenoxy) is 2. The Hall–Kier alpha value is -4.10. The van der Waals surface area contributed by atoms with Gasteiger partial charge in [-0.15, -0.1) is 0 Å². The molecule has 0 unspecified atom stereocenters. The van der Waals surface area contributed by atoms with Crippen LogP contribution in [0, 0.1) is 0 Å². The zero-order chi connectivity index (χ0) is 26.8. The first-order chi connectivity index (χ1) is 18.3. The maximum Gasteiger partial charge on any atom is 0.295 e. The molecular formula is C31H32N2O5. The van der Waals surface area contributed by atoms with Crippen molar-refractivity contribution in [3.8, 4) is 11.5 Å². The van der Waals surface area contributed by atoms with Crippen LogP contribution in [0.4, 0.5) is 0 Å². The monoisotopic (exact) mass is 512 g/mol. The smallest absolute Gasteiger partial charge is 0.295 e. The summed E-state index contributed by atoms with van der Waals surface area (Å²) in [5, 5.41) is 11.5. The number of rotatable bonds is 8. The molecule has 2 atom stereocenters. The first-order valence-electron chi connectivity index (χ1n) is 12.8. The number of nitrogens with zero attached hydrogens (tertiary/aromatic N) is 2. The zero-order valence-electron chi connectivity index (χ0n) is 21.9. The predicted octanol–water partition coefficient (Wildman–Crippen LogP) is 4.57. The molecule has 0 bridgehead atoms. The van der Waals surface area contributed by atoms with E-state index in [1.54, 1.807) is 11.0 Å². The molecule has 1 amide bonds. The van der Waals surface area contributed by atoms with Gasteiger partial charge in [0.2, 0.25) is 0 Å². The van der Waals surface area contributed by atoms with Crippen LogP contribution in [0.1, 0.15) is 35.2 Å². The summed E-state index contributed by atoms with van der Waals surface area (Å²) in [6.07, 6.45) is 0.773. The van der Waals surface area contributed by atoms with Crippen molar-refractivity contribution in [3.63, 3.8) is 0 Å².